The molecule has 0 unspecified atom stereocenters. The Bertz CT molecular complexity index is 1330. The Morgan fingerprint density at radius 2 is 1.68 bits per heavy atom. The number of carboxylic acids is 1. The number of hydrogen-bond donors (Lipinski definition) is 9. The first-order valence-corrected chi connectivity index (χ1v) is 16.7. The van der Waals surface area contributed by atoms with Crippen LogP contribution in [0.15, 0.2) is 24.3 Å². The maximum Gasteiger partial charge on any atom is 0.524 e. The number of nitrogens with one attached hydrogen (secondary N) is 2. The van der Waals surface area contributed by atoms with Gasteiger partial charge in [-0.05, 0) is 49.9 Å². The molecular weight excluding hydrogens is 643 g/mol. The lowest BCUT2D eigenvalue weighted by molar-refractivity contribution is -0.149. The van der Waals surface area contributed by atoms with Crippen molar-refractivity contribution in [2.75, 3.05) is 26.2 Å². The van der Waals surface area contributed by atoms with Gasteiger partial charge in [0.25, 0.3) is 0 Å². The number of aliphatic carboxylic acids is 1. The molecule has 19 heteroatoms. The summed E-state index contributed by atoms with van der Waals surface area (Å²) in [6.45, 7) is -0.477. The number of carbonyl (C=O) groups excluding carboxylic acids is 4. The van der Waals surface area contributed by atoms with Crippen molar-refractivity contribution in [1.82, 2.24) is 20.4 Å². The lowest BCUT2D eigenvalue weighted by atomic mass is 10.0. The van der Waals surface area contributed by atoms with Crippen LogP contribution in [0.3, 0.4) is 0 Å². The van der Waals surface area contributed by atoms with E-state index in [9.17, 15) is 43.9 Å². The van der Waals surface area contributed by atoms with Crippen molar-refractivity contribution < 1.29 is 58.2 Å². The Kier molecular flexibility index (Phi) is 13.6. The molecule has 1 aromatic carbocycles. The van der Waals surface area contributed by atoms with Gasteiger partial charge in [-0.1, -0.05) is 18.6 Å². The van der Waals surface area contributed by atoms with Gasteiger partial charge < -0.3 is 51.7 Å². The van der Waals surface area contributed by atoms with Gasteiger partial charge >= 0.3 is 13.8 Å². The van der Waals surface area contributed by atoms with Crippen LogP contribution in [-0.2, 0) is 35.0 Å². The maximum atomic E-state index is 13.6. The fourth-order valence-electron chi connectivity index (χ4n) is 5.63. The third-order valence-corrected chi connectivity index (χ3v) is 8.44. The van der Waals surface area contributed by atoms with Crippen molar-refractivity contribution in [3.05, 3.63) is 29.8 Å². The van der Waals surface area contributed by atoms with Crippen LogP contribution in [0.1, 0.15) is 44.1 Å². The molecular formula is C28H43N6O12P. The zero-order valence-electron chi connectivity index (χ0n) is 25.6. The van der Waals surface area contributed by atoms with Gasteiger partial charge in [-0.15, -0.1) is 0 Å². The Morgan fingerprint density at radius 1 is 1.00 bits per heavy atom. The maximum absolute atomic E-state index is 13.6. The number of phosphoric ester groups is 1. The van der Waals surface area contributed by atoms with Crippen LogP contribution in [-0.4, -0.2) is 127 Å². The molecule has 0 bridgehead atoms. The molecule has 0 saturated carbocycles. The Morgan fingerprint density at radius 3 is 2.28 bits per heavy atom. The molecule has 262 valence electrons. The van der Waals surface area contributed by atoms with E-state index in [1.165, 1.54) is 29.2 Å². The molecule has 11 N–H and O–H groups in total. The summed E-state index contributed by atoms with van der Waals surface area (Å²) < 4.78 is 15.7. The number of aliphatic hydroxyl groups is 2. The van der Waals surface area contributed by atoms with Gasteiger partial charge in [0.15, 0.2) is 0 Å². The van der Waals surface area contributed by atoms with E-state index >= 15 is 0 Å². The summed E-state index contributed by atoms with van der Waals surface area (Å²) in [6.07, 6.45) is 0.894. The van der Waals surface area contributed by atoms with E-state index in [-0.39, 0.29) is 31.7 Å². The van der Waals surface area contributed by atoms with Crippen molar-refractivity contribution in [1.29, 1.82) is 0 Å². The fraction of sp³-hybridized carbons (Fsp3) is 0.607. The summed E-state index contributed by atoms with van der Waals surface area (Å²) in [5.41, 5.74) is 11.9. The minimum absolute atomic E-state index is 0.179. The SMILES string of the molecule is NCCCC[C@H](N)C(=O)N1CCC[C@H]1C(=O)N[C@@H](CO)C(=O)N[C@@H](Cc1ccc(OP(=O)(O)O)cc1)C(=O)N1C[C@H](O)C[C@H]1C(=O)O. The predicted molar refractivity (Wildman–Crippen MR) is 163 cm³/mol. The highest BCUT2D eigenvalue weighted by molar-refractivity contribution is 7.46. The fourth-order valence-corrected chi connectivity index (χ4v) is 6.03. The second kappa shape index (κ2) is 17.0. The molecule has 2 aliphatic rings. The first-order valence-electron chi connectivity index (χ1n) is 15.2. The van der Waals surface area contributed by atoms with E-state index < -0.39 is 80.3 Å². The van der Waals surface area contributed by atoms with Crippen molar-refractivity contribution in [3.8, 4) is 5.75 Å². The molecule has 0 aliphatic carbocycles. The van der Waals surface area contributed by atoms with Crippen LogP contribution in [0.4, 0.5) is 0 Å². The van der Waals surface area contributed by atoms with Gasteiger partial charge in [-0.25, -0.2) is 9.36 Å². The summed E-state index contributed by atoms with van der Waals surface area (Å²) >= 11 is 0. The number of aliphatic hydroxyl groups excluding tert-OH is 2. The lowest BCUT2D eigenvalue weighted by Gasteiger charge is -2.30. The Balaban J connectivity index is 1.76. The van der Waals surface area contributed by atoms with Crippen LogP contribution in [0.2, 0.25) is 0 Å². The van der Waals surface area contributed by atoms with Gasteiger partial charge in [0.05, 0.1) is 18.8 Å². The number of phosphoric acid groups is 1. The van der Waals surface area contributed by atoms with Gasteiger partial charge in [0, 0.05) is 25.9 Å². The molecule has 1 aromatic rings. The van der Waals surface area contributed by atoms with E-state index in [1.54, 1.807) is 0 Å². The number of hydrogen-bond acceptors (Lipinski definition) is 11. The highest BCUT2D eigenvalue weighted by Crippen LogP contribution is 2.37. The summed E-state index contributed by atoms with van der Waals surface area (Å²) in [5.74, 6) is -4.53. The van der Waals surface area contributed by atoms with E-state index in [2.05, 4.69) is 15.2 Å². The van der Waals surface area contributed by atoms with Gasteiger partial charge in [-0.2, -0.15) is 0 Å². The molecule has 2 saturated heterocycles. The van der Waals surface area contributed by atoms with Crippen molar-refractivity contribution >= 4 is 37.4 Å². The molecule has 2 heterocycles. The number of nitrogens with two attached hydrogens (primary N) is 2. The van der Waals surface area contributed by atoms with Crippen LogP contribution in [0.5, 0.6) is 5.75 Å². The molecule has 2 fully saturated rings. The van der Waals surface area contributed by atoms with E-state index in [4.69, 9.17) is 21.3 Å². The molecule has 18 nitrogen and oxygen atoms in total. The van der Waals surface area contributed by atoms with Crippen molar-refractivity contribution in [2.45, 2.75) is 81.3 Å². The number of amides is 4. The van der Waals surface area contributed by atoms with Crippen molar-refractivity contribution in [3.63, 3.8) is 0 Å². The van der Waals surface area contributed by atoms with Gasteiger partial charge in [0.1, 0.15) is 29.9 Å². The summed E-state index contributed by atoms with van der Waals surface area (Å²) in [7, 11) is -4.84. The summed E-state index contributed by atoms with van der Waals surface area (Å²) in [4.78, 5) is 85.3. The number of carbonyl (C=O) groups is 5. The number of β-amino-alcohol motifs (C(OH)–C–C–N with tert-alkyl or cyclic N) is 1. The number of rotatable bonds is 16. The van der Waals surface area contributed by atoms with E-state index in [0.717, 1.165) is 4.90 Å². The molecule has 0 radical (unpaired) electrons. The summed E-state index contributed by atoms with van der Waals surface area (Å²) in [6, 6.07) is -1.02. The zero-order valence-corrected chi connectivity index (χ0v) is 26.5. The zero-order chi connectivity index (χ0) is 34.9. The van der Waals surface area contributed by atoms with Gasteiger partial charge in [0.2, 0.25) is 23.6 Å². The number of unbranched alkanes of at least 4 members (excludes halogenated alkanes) is 1. The highest BCUT2D eigenvalue weighted by atomic mass is 31.2. The highest BCUT2D eigenvalue weighted by Gasteiger charge is 2.42. The normalized spacial score (nSPS) is 21.5. The standard InChI is InChI=1S/C28H43N6O12P/c29-10-2-1-4-19(30)26(39)33-11-3-5-22(33)25(38)32-21(15-35)24(37)31-20(27(40)34-14-17(36)13-23(34)28(41)42)12-16-6-8-18(9-7-16)46-47(43,44)45/h6-9,17,19-23,35-36H,1-5,10-15,29-30H2,(H,31,37)(H,32,38)(H,41,42)(H2,43,44,45)/t17-,19+,20+,21+,22+,23+/m1/s1. The number of likely N-dealkylation sites (tertiary alicyclic amines) is 2. The molecule has 3 rings (SSSR count). The monoisotopic (exact) mass is 686 g/mol. The largest absolute Gasteiger partial charge is 0.524 e. The third-order valence-electron chi connectivity index (χ3n) is 7.99. The summed E-state index contributed by atoms with van der Waals surface area (Å²) in [5, 5.41) is 34.6. The second-order valence-corrected chi connectivity index (χ2v) is 12.7. The second-order valence-electron chi connectivity index (χ2n) is 11.5. The Labute approximate surface area is 270 Å². The van der Waals surface area contributed by atoms with E-state index in [0.29, 0.717) is 44.2 Å². The average Bonchev–Trinajstić information content (AvgIpc) is 3.66. The quantitative estimate of drug-likeness (QED) is 0.0625. The topological polar surface area (TPSA) is 295 Å². The minimum atomic E-state index is -4.84. The average molecular weight is 687 g/mol. The first-order chi connectivity index (χ1) is 22.1. The molecule has 6 atom stereocenters. The number of nitrogens with zero attached hydrogens (tertiary/aromatic N) is 2. The Hall–Kier alpha value is -3.64. The molecule has 0 aromatic heterocycles. The minimum Gasteiger partial charge on any atom is -0.480 e. The lowest BCUT2D eigenvalue weighted by Crippen LogP contribution is -2.59. The number of benzene rings is 1. The molecule has 2 aliphatic heterocycles. The van der Waals surface area contributed by atoms with E-state index in [1.807, 2.05) is 0 Å². The molecule has 0 spiro atoms. The number of carboxylic acid groups (broad SMARTS) is 1. The smallest absolute Gasteiger partial charge is 0.480 e. The first kappa shape index (κ1) is 37.8. The molecule has 47 heavy (non-hydrogen) atoms. The molecule has 4 amide bonds. The van der Waals surface area contributed by atoms with Crippen molar-refractivity contribution in [2.24, 2.45) is 11.5 Å². The third kappa shape index (κ3) is 10.7. The van der Waals surface area contributed by atoms with Gasteiger partial charge in [-0.3, -0.25) is 29.0 Å². The van der Waals surface area contributed by atoms with Crippen LogP contribution < -0.4 is 26.6 Å². The predicted octanol–water partition coefficient (Wildman–Crippen LogP) is -2.84. The van der Waals surface area contributed by atoms with Crippen LogP contribution in [0.25, 0.3) is 0 Å². The van der Waals surface area contributed by atoms with Crippen LogP contribution >= 0.6 is 7.82 Å². The van der Waals surface area contributed by atoms with Crippen LogP contribution in [0, 0.1) is 0 Å².